The number of methoxy groups -OCH3 is 2. The molecule has 0 aliphatic carbocycles. The molecule has 0 spiro atoms. The standard InChI is InChI=1S/C27H37ClN2O5/c1-18(25(31)29-15-11-7-8-12-16-30-26(32)35-27(2,3)4)17-21-22(28)24(34-6)20-14-10-9-13-19(20)23(21)33-5/h9-10,13-14,17H,7-8,11-12,15-16H2,1-6H3,(H,29,31)(H,30,32). The largest absolute Gasteiger partial charge is 0.495 e. The SMILES string of the molecule is COc1c(Cl)c(C=C(C)C(=O)NCCCCCCNC(=O)OC(C)(C)C)c(OC)c2ccccc12. The van der Waals surface area contributed by atoms with E-state index in [1.807, 2.05) is 45.0 Å². The lowest BCUT2D eigenvalue weighted by Crippen LogP contribution is -2.33. The molecule has 2 aromatic rings. The average molecular weight is 505 g/mol. The Morgan fingerprint density at radius 2 is 1.46 bits per heavy atom. The minimum atomic E-state index is -0.494. The molecule has 7 nitrogen and oxygen atoms in total. The van der Waals surface area contributed by atoms with Crippen LogP contribution < -0.4 is 20.1 Å². The monoisotopic (exact) mass is 504 g/mol. The number of unbranched alkanes of at least 4 members (excludes halogenated alkanes) is 3. The minimum absolute atomic E-state index is 0.165. The van der Waals surface area contributed by atoms with Gasteiger partial charge in [-0.3, -0.25) is 4.79 Å². The third kappa shape index (κ3) is 8.35. The van der Waals surface area contributed by atoms with Gasteiger partial charge >= 0.3 is 6.09 Å². The van der Waals surface area contributed by atoms with Gasteiger partial charge in [-0.2, -0.15) is 0 Å². The van der Waals surface area contributed by atoms with Gasteiger partial charge in [0.15, 0.2) is 0 Å². The van der Waals surface area contributed by atoms with Crippen LogP contribution in [0.2, 0.25) is 5.02 Å². The van der Waals surface area contributed by atoms with Crippen LogP contribution in [-0.4, -0.2) is 44.9 Å². The number of hydrogen-bond donors (Lipinski definition) is 2. The molecule has 0 aromatic heterocycles. The average Bonchev–Trinajstić information content (AvgIpc) is 2.80. The molecule has 0 aliphatic rings. The van der Waals surface area contributed by atoms with Crippen LogP contribution in [-0.2, 0) is 9.53 Å². The Morgan fingerprint density at radius 1 is 0.914 bits per heavy atom. The maximum Gasteiger partial charge on any atom is 0.407 e. The van der Waals surface area contributed by atoms with Gasteiger partial charge in [0.05, 0.1) is 19.2 Å². The number of fused-ring (bicyclic) bond motifs is 1. The van der Waals surface area contributed by atoms with Gasteiger partial charge in [-0.25, -0.2) is 4.79 Å². The van der Waals surface area contributed by atoms with E-state index in [1.165, 1.54) is 0 Å². The molecule has 0 aliphatic heterocycles. The lowest BCUT2D eigenvalue weighted by Gasteiger charge is -2.19. The number of ether oxygens (including phenoxy) is 3. The summed E-state index contributed by atoms with van der Waals surface area (Å²) in [7, 11) is 3.15. The van der Waals surface area contributed by atoms with Crippen molar-refractivity contribution < 1.29 is 23.8 Å². The second-order valence-electron chi connectivity index (χ2n) is 9.27. The van der Waals surface area contributed by atoms with Gasteiger partial charge in [0.1, 0.15) is 17.1 Å². The van der Waals surface area contributed by atoms with E-state index in [0.717, 1.165) is 36.5 Å². The van der Waals surface area contributed by atoms with Crippen molar-refractivity contribution >= 4 is 40.4 Å². The fraction of sp³-hybridized carbons (Fsp3) is 0.481. The van der Waals surface area contributed by atoms with Crippen LogP contribution in [0, 0.1) is 0 Å². The zero-order valence-electron chi connectivity index (χ0n) is 21.5. The molecule has 35 heavy (non-hydrogen) atoms. The molecule has 192 valence electrons. The maximum atomic E-state index is 12.6. The molecule has 2 N–H and O–H groups in total. The van der Waals surface area contributed by atoms with E-state index in [0.29, 0.717) is 40.7 Å². The molecule has 2 rings (SSSR count). The summed E-state index contributed by atoms with van der Waals surface area (Å²) in [5.41, 5.74) is 0.630. The van der Waals surface area contributed by atoms with Crippen LogP contribution in [0.25, 0.3) is 16.8 Å². The molecule has 0 atom stereocenters. The van der Waals surface area contributed by atoms with Gasteiger partial charge in [-0.1, -0.05) is 48.7 Å². The first-order chi connectivity index (χ1) is 16.6. The van der Waals surface area contributed by atoms with E-state index in [4.69, 9.17) is 25.8 Å². The minimum Gasteiger partial charge on any atom is -0.495 e. The molecule has 0 bridgehead atoms. The van der Waals surface area contributed by atoms with Gasteiger partial charge in [0, 0.05) is 35.0 Å². The summed E-state index contributed by atoms with van der Waals surface area (Å²) in [5, 5.41) is 7.80. The van der Waals surface area contributed by atoms with E-state index < -0.39 is 11.7 Å². The second kappa shape index (κ2) is 13.2. The number of hydrogen-bond acceptors (Lipinski definition) is 5. The van der Waals surface area contributed by atoms with Gasteiger partial charge in [0.2, 0.25) is 5.91 Å². The summed E-state index contributed by atoms with van der Waals surface area (Å²) in [6.45, 7) is 8.38. The Labute approximate surface area is 213 Å². The van der Waals surface area contributed by atoms with Crippen molar-refractivity contribution in [1.82, 2.24) is 10.6 Å². The van der Waals surface area contributed by atoms with Crippen molar-refractivity contribution in [2.45, 2.75) is 59.0 Å². The van der Waals surface area contributed by atoms with E-state index in [1.54, 1.807) is 27.2 Å². The number of alkyl carbamates (subject to hydrolysis) is 1. The predicted octanol–water partition coefficient (Wildman–Crippen LogP) is 6.12. The number of benzene rings is 2. The first-order valence-electron chi connectivity index (χ1n) is 11.8. The molecule has 0 fully saturated rings. The first-order valence-corrected chi connectivity index (χ1v) is 12.2. The Kier molecular flexibility index (Phi) is 10.7. The van der Waals surface area contributed by atoms with Crippen molar-refractivity contribution in [1.29, 1.82) is 0 Å². The molecule has 0 radical (unpaired) electrons. The fourth-order valence-electron chi connectivity index (χ4n) is 3.64. The molecule has 0 heterocycles. The van der Waals surface area contributed by atoms with E-state index in [2.05, 4.69) is 10.6 Å². The fourth-order valence-corrected chi connectivity index (χ4v) is 3.96. The van der Waals surface area contributed by atoms with E-state index >= 15 is 0 Å². The Hall–Kier alpha value is -2.93. The van der Waals surface area contributed by atoms with Crippen molar-refractivity contribution in [3.63, 3.8) is 0 Å². The molecule has 2 amide bonds. The Morgan fingerprint density at radius 3 is 2.00 bits per heavy atom. The topological polar surface area (TPSA) is 85.9 Å². The number of carbonyl (C=O) groups is 2. The number of halogens is 1. The molecule has 2 aromatic carbocycles. The number of amides is 2. The molecule has 0 saturated carbocycles. The van der Waals surface area contributed by atoms with Crippen molar-refractivity contribution in [2.75, 3.05) is 27.3 Å². The zero-order chi connectivity index (χ0) is 26.0. The highest BCUT2D eigenvalue weighted by Gasteiger charge is 2.19. The summed E-state index contributed by atoms with van der Waals surface area (Å²) in [5.74, 6) is 0.976. The quantitative estimate of drug-likeness (QED) is 0.284. The van der Waals surface area contributed by atoms with Gasteiger partial charge in [-0.05, 0) is 46.6 Å². The van der Waals surface area contributed by atoms with Crippen LogP contribution in [0.1, 0.15) is 58.9 Å². The third-order valence-corrected chi connectivity index (χ3v) is 5.66. The highest BCUT2D eigenvalue weighted by atomic mass is 35.5. The van der Waals surface area contributed by atoms with Gasteiger partial charge in [-0.15, -0.1) is 0 Å². The first kappa shape index (κ1) is 28.3. The molecule has 8 heteroatoms. The number of carbonyl (C=O) groups excluding carboxylic acids is 2. The second-order valence-corrected chi connectivity index (χ2v) is 9.64. The van der Waals surface area contributed by atoms with Crippen LogP contribution in [0.5, 0.6) is 11.5 Å². The van der Waals surface area contributed by atoms with Crippen molar-refractivity contribution in [3.8, 4) is 11.5 Å². The van der Waals surface area contributed by atoms with Crippen LogP contribution in [0.3, 0.4) is 0 Å². The zero-order valence-corrected chi connectivity index (χ0v) is 22.3. The Bertz CT molecular complexity index is 1060. The summed E-state index contributed by atoms with van der Waals surface area (Å²) in [6.07, 6.45) is 4.93. The van der Waals surface area contributed by atoms with Crippen LogP contribution >= 0.6 is 11.6 Å². The number of nitrogens with one attached hydrogen (secondary N) is 2. The molecular formula is C27H37ClN2O5. The Balaban J connectivity index is 1.88. The van der Waals surface area contributed by atoms with E-state index in [-0.39, 0.29) is 5.91 Å². The third-order valence-electron chi connectivity index (χ3n) is 5.28. The lowest BCUT2D eigenvalue weighted by atomic mass is 10.0. The molecule has 0 unspecified atom stereocenters. The highest BCUT2D eigenvalue weighted by molar-refractivity contribution is 6.35. The summed E-state index contributed by atoms with van der Waals surface area (Å²) < 4.78 is 16.4. The van der Waals surface area contributed by atoms with Gasteiger partial charge in [0.25, 0.3) is 0 Å². The normalized spacial score (nSPS) is 11.8. The van der Waals surface area contributed by atoms with E-state index in [9.17, 15) is 9.59 Å². The summed E-state index contributed by atoms with van der Waals surface area (Å²) in [6, 6.07) is 7.68. The van der Waals surface area contributed by atoms with Crippen LogP contribution in [0.4, 0.5) is 4.79 Å². The lowest BCUT2D eigenvalue weighted by molar-refractivity contribution is -0.117. The maximum absolute atomic E-state index is 12.6. The predicted molar refractivity (Wildman–Crippen MR) is 141 cm³/mol. The number of rotatable bonds is 11. The highest BCUT2D eigenvalue weighted by Crippen LogP contribution is 2.44. The summed E-state index contributed by atoms with van der Waals surface area (Å²) >= 11 is 6.64. The summed E-state index contributed by atoms with van der Waals surface area (Å²) in [4.78, 5) is 24.3. The smallest absolute Gasteiger partial charge is 0.407 e. The van der Waals surface area contributed by atoms with Crippen molar-refractivity contribution in [3.05, 3.63) is 40.4 Å². The van der Waals surface area contributed by atoms with Gasteiger partial charge < -0.3 is 24.8 Å². The molecular weight excluding hydrogens is 468 g/mol. The van der Waals surface area contributed by atoms with Crippen molar-refractivity contribution in [2.24, 2.45) is 0 Å². The molecule has 0 saturated heterocycles. The van der Waals surface area contributed by atoms with Crippen LogP contribution in [0.15, 0.2) is 29.8 Å².